The number of nitrogens with zero attached hydrogens (tertiary/aromatic N) is 1. The number of fused-ring (bicyclic) bond motifs is 1. The summed E-state index contributed by atoms with van der Waals surface area (Å²) in [5.74, 6) is -0.345. The second-order valence-electron chi connectivity index (χ2n) is 4.70. The molecule has 3 rings (SSSR count). The highest BCUT2D eigenvalue weighted by molar-refractivity contribution is 9.10. The number of hydrogen-bond donors (Lipinski definition) is 2. The van der Waals surface area contributed by atoms with Crippen LogP contribution in [0.1, 0.15) is 5.56 Å². The van der Waals surface area contributed by atoms with Crippen LogP contribution in [0.15, 0.2) is 53.1 Å². The molecule has 5 heteroatoms. The molecule has 0 aliphatic heterocycles. The minimum atomic E-state index is -0.345. The van der Waals surface area contributed by atoms with Crippen LogP contribution >= 0.6 is 15.9 Å². The van der Waals surface area contributed by atoms with Gasteiger partial charge in [-0.25, -0.2) is 4.39 Å². The number of aromatic nitrogens is 1. The Balaban J connectivity index is 1.89. The number of hydrogen-bond acceptors (Lipinski definition) is 3. The molecule has 0 aliphatic rings. The number of nitrogen functional groups attached to an aromatic ring is 1. The lowest BCUT2D eigenvalue weighted by Gasteiger charge is -2.11. The van der Waals surface area contributed by atoms with Gasteiger partial charge in [-0.05, 0) is 33.6 Å². The van der Waals surface area contributed by atoms with Crippen LogP contribution in [0.3, 0.4) is 0 Å². The topological polar surface area (TPSA) is 50.9 Å². The monoisotopic (exact) mass is 345 g/mol. The van der Waals surface area contributed by atoms with E-state index < -0.39 is 0 Å². The predicted molar refractivity (Wildman–Crippen MR) is 87.6 cm³/mol. The Hall–Kier alpha value is -2.14. The van der Waals surface area contributed by atoms with E-state index in [9.17, 15) is 4.39 Å². The maximum absolute atomic E-state index is 13.6. The van der Waals surface area contributed by atoms with Crippen molar-refractivity contribution >= 4 is 38.2 Å². The van der Waals surface area contributed by atoms with Crippen molar-refractivity contribution in [1.82, 2.24) is 4.98 Å². The molecule has 0 spiro atoms. The van der Waals surface area contributed by atoms with E-state index >= 15 is 0 Å². The fourth-order valence-corrected chi connectivity index (χ4v) is 2.58. The minimum Gasteiger partial charge on any atom is -0.397 e. The first-order valence-electron chi connectivity index (χ1n) is 6.46. The van der Waals surface area contributed by atoms with Crippen molar-refractivity contribution < 1.29 is 4.39 Å². The fourth-order valence-electron chi connectivity index (χ4n) is 2.22. The average molecular weight is 346 g/mol. The molecule has 0 bridgehead atoms. The molecule has 106 valence electrons. The zero-order valence-electron chi connectivity index (χ0n) is 11.1. The third-order valence-corrected chi connectivity index (χ3v) is 3.89. The van der Waals surface area contributed by atoms with Gasteiger partial charge >= 0.3 is 0 Å². The Morgan fingerprint density at radius 2 is 2.00 bits per heavy atom. The van der Waals surface area contributed by atoms with Gasteiger partial charge in [0, 0.05) is 24.2 Å². The number of nitrogens with one attached hydrogen (secondary N) is 1. The maximum atomic E-state index is 13.6. The molecule has 0 unspecified atom stereocenters. The SMILES string of the molecule is Nc1cc(Br)c(F)cc1NCc1cccc2cccnc12. The molecule has 3 aromatic rings. The summed E-state index contributed by atoms with van der Waals surface area (Å²) in [5, 5.41) is 4.24. The normalized spacial score (nSPS) is 10.8. The molecular weight excluding hydrogens is 333 g/mol. The lowest BCUT2D eigenvalue weighted by Crippen LogP contribution is -2.04. The number of anilines is 2. The van der Waals surface area contributed by atoms with Crippen LogP contribution in [0.4, 0.5) is 15.8 Å². The van der Waals surface area contributed by atoms with Crippen LogP contribution in [0.25, 0.3) is 10.9 Å². The van der Waals surface area contributed by atoms with Crippen molar-refractivity contribution in [3.8, 4) is 0 Å². The minimum absolute atomic E-state index is 0.345. The number of halogens is 2. The Bertz CT molecular complexity index is 799. The van der Waals surface area contributed by atoms with Gasteiger partial charge in [-0.15, -0.1) is 0 Å². The summed E-state index contributed by atoms with van der Waals surface area (Å²) in [6.07, 6.45) is 1.76. The van der Waals surface area contributed by atoms with Gasteiger partial charge in [-0.2, -0.15) is 0 Å². The van der Waals surface area contributed by atoms with Crippen molar-refractivity contribution in [3.05, 3.63) is 64.5 Å². The molecule has 21 heavy (non-hydrogen) atoms. The highest BCUT2D eigenvalue weighted by Crippen LogP contribution is 2.27. The van der Waals surface area contributed by atoms with Crippen LogP contribution in [-0.2, 0) is 6.54 Å². The Labute approximate surface area is 130 Å². The molecule has 0 atom stereocenters. The Kier molecular flexibility index (Phi) is 3.75. The van der Waals surface area contributed by atoms with Crippen molar-refractivity contribution in [3.63, 3.8) is 0 Å². The molecule has 1 aromatic heterocycles. The largest absolute Gasteiger partial charge is 0.397 e. The summed E-state index contributed by atoms with van der Waals surface area (Å²) >= 11 is 3.12. The second-order valence-corrected chi connectivity index (χ2v) is 5.55. The van der Waals surface area contributed by atoms with Gasteiger partial charge in [-0.1, -0.05) is 24.3 Å². The molecule has 0 amide bonds. The number of para-hydroxylation sites is 1. The molecule has 2 aromatic carbocycles. The maximum Gasteiger partial charge on any atom is 0.139 e. The summed E-state index contributed by atoms with van der Waals surface area (Å²) in [6.45, 7) is 0.527. The van der Waals surface area contributed by atoms with E-state index in [1.807, 2.05) is 30.3 Å². The van der Waals surface area contributed by atoms with Crippen molar-refractivity contribution in [2.24, 2.45) is 0 Å². The molecular formula is C16H13BrFN3. The molecule has 3 nitrogen and oxygen atoms in total. The third kappa shape index (κ3) is 2.83. The zero-order chi connectivity index (χ0) is 14.8. The first-order valence-corrected chi connectivity index (χ1v) is 7.25. The lowest BCUT2D eigenvalue weighted by molar-refractivity contribution is 0.622. The van der Waals surface area contributed by atoms with E-state index in [-0.39, 0.29) is 5.82 Å². The summed E-state index contributed by atoms with van der Waals surface area (Å²) in [5.41, 5.74) is 8.93. The quantitative estimate of drug-likeness (QED) is 0.694. The van der Waals surface area contributed by atoms with Crippen molar-refractivity contribution in [2.45, 2.75) is 6.54 Å². The number of nitrogens with two attached hydrogens (primary N) is 1. The third-order valence-electron chi connectivity index (χ3n) is 3.28. The molecule has 0 radical (unpaired) electrons. The van der Waals surface area contributed by atoms with Gasteiger partial charge in [0.2, 0.25) is 0 Å². The van der Waals surface area contributed by atoms with Crippen LogP contribution in [0.5, 0.6) is 0 Å². The van der Waals surface area contributed by atoms with Crippen LogP contribution in [0, 0.1) is 5.82 Å². The van der Waals surface area contributed by atoms with Gasteiger partial charge in [0.05, 0.1) is 21.4 Å². The first-order chi connectivity index (χ1) is 10.1. The van der Waals surface area contributed by atoms with Gasteiger partial charge in [0.25, 0.3) is 0 Å². The van der Waals surface area contributed by atoms with Crippen LogP contribution in [-0.4, -0.2) is 4.98 Å². The van der Waals surface area contributed by atoms with E-state index in [0.717, 1.165) is 16.5 Å². The summed E-state index contributed by atoms with van der Waals surface area (Å²) in [4.78, 5) is 4.39. The number of pyridine rings is 1. The van der Waals surface area contributed by atoms with Crippen molar-refractivity contribution in [1.29, 1.82) is 0 Å². The average Bonchev–Trinajstić information content (AvgIpc) is 2.49. The Morgan fingerprint density at radius 1 is 1.19 bits per heavy atom. The van der Waals surface area contributed by atoms with E-state index in [0.29, 0.717) is 22.4 Å². The predicted octanol–water partition coefficient (Wildman–Crippen LogP) is 4.33. The smallest absolute Gasteiger partial charge is 0.139 e. The number of benzene rings is 2. The van der Waals surface area contributed by atoms with E-state index in [4.69, 9.17) is 5.73 Å². The zero-order valence-corrected chi connectivity index (χ0v) is 12.7. The molecule has 0 saturated heterocycles. The molecule has 0 fully saturated rings. The summed E-state index contributed by atoms with van der Waals surface area (Å²) in [7, 11) is 0. The molecule has 0 aliphatic carbocycles. The van der Waals surface area contributed by atoms with Crippen LogP contribution < -0.4 is 11.1 Å². The standard InChI is InChI=1S/C16H13BrFN3/c17-12-7-14(19)15(8-13(12)18)21-9-11-4-1-3-10-5-2-6-20-16(10)11/h1-8,21H,9,19H2. The van der Waals surface area contributed by atoms with E-state index in [1.165, 1.54) is 6.07 Å². The highest BCUT2D eigenvalue weighted by atomic mass is 79.9. The van der Waals surface area contributed by atoms with Crippen LogP contribution in [0.2, 0.25) is 0 Å². The van der Waals surface area contributed by atoms with Crippen molar-refractivity contribution in [2.75, 3.05) is 11.1 Å². The van der Waals surface area contributed by atoms with Gasteiger partial charge in [-0.3, -0.25) is 4.98 Å². The Morgan fingerprint density at radius 3 is 2.86 bits per heavy atom. The molecule has 0 saturated carbocycles. The lowest BCUT2D eigenvalue weighted by atomic mass is 10.1. The summed E-state index contributed by atoms with van der Waals surface area (Å²) in [6, 6.07) is 12.8. The van der Waals surface area contributed by atoms with Gasteiger partial charge in [0.1, 0.15) is 5.82 Å². The first kappa shape index (κ1) is 13.8. The second kappa shape index (κ2) is 5.69. The van der Waals surface area contributed by atoms with Gasteiger partial charge < -0.3 is 11.1 Å². The van der Waals surface area contributed by atoms with E-state index in [1.54, 1.807) is 12.3 Å². The molecule has 3 N–H and O–H groups in total. The van der Waals surface area contributed by atoms with Gasteiger partial charge in [0.15, 0.2) is 0 Å². The highest BCUT2D eigenvalue weighted by Gasteiger charge is 2.07. The molecule has 1 heterocycles. The number of rotatable bonds is 3. The fraction of sp³-hybridized carbons (Fsp3) is 0.0625. The van der Waals surface area contributed by atoms with E-state index in [2.05, 4.69) is 26.2 Å². The summed E-state index contributed by atoms with van der Waals surface area (Å²) < 4.78 is 13.9.